The molecule has 7 heteroatoms. The number of anilines is 3. The highest BCUT2D eigenvalue weighted by molar-refractivity contribution is 5.63. The molecule has 2 N–H and O–H groups in total. The first-order valence-electron chi connectivity index (χ1n) is 8.01. The summed E-state index contributed by atoms with van der Waals surface area (Å²) in [5.41, 5.74) is 1.99. The molecule has 3 rings (SSSR count). The Balaban J connectivity index is 1.99. The Morgan fingerprint density at radius 3 is 2.40 bits per heavy atom. The molecule has 0 spiro atoms. The van der Waals surface area contributed by atoms with Gasteiger partial charge in [0.05, 0.1) is 0 Å². The minimum atomic E-state index is -0.301. The molecule has 0 unspecified atom stereocenters. The van der Waals surface area contributed by atoms with Crippen LogP contribution in [0.25, 0.3) is 11.5 Å². The Hall–Kier alpha value is -2.96. The summed E-state index contributed by atoms with van der Waals surface area (Å²) in [7, 11) is 0. The zero-order valence-electron chi connectivity index (χ0n) is 14.6. The predicted octanol–water partition coefficient (Wildman–Crippen LogP) is 4.45. The van der Waals surface area contributed by atoms with Crippen LogP contribution in [-0.4, -0.2) is 21.0 Å². The molecule has 0 aliphatic carbocycles. The molecule has 0 aliphatic heterocycles. The van der Waals surface area contributed by atoms with Crippen LogP contribution in [0.4, 0.5) is 21.7 Å². The highest BCUT2D eigenvalue weighted by Gasteiger charge is 2.12. The molecule has 0 amide bonds. The minimum absolute atomic E-state index is 0.200. The summed E-state index contributed by atoms with van der Waals surface area (Å²) < 4.78 is 18.9. The summed E-state index contributed by atoms with van der Waals surface area (Å²) >= 11 is 0. The SMILES string of the molecule is Cc1cc(F)cc(Nc2cc(NC(C)C)nc(-c3coc(C)n3)n2)c1. The number of benzene rings is 1. The first kappa shape index (κ1) is 16.9. The number of nitrogens with zero attached hydrogens (tertiary/aromatic N) is 3. The van der Waals surface area contributed by atoms with E-state index in [1.54, 1.807) is 13.0 Å². The first-order chi connectivity index (χ1) is 11.9. The van der Waals surface area contributed by atoms with Gasteiger partial charge in [0.25, 0.3) is 0 Å². The van der Waals surface area contributed by atoms with E-state index in [1.807, 2.05) is 26.8 Å². The molecule has 0 saturated heterocycles. The summed E-state index contributed by atoms with van der Waals surface area (Å²) in [6.45, 7) is 7.63. The largest absolute Gasteiger partial charge is 0.449 e. The standard InChI is InChI=1S/C18H20FN5O/c1-10(2)20-16-8-17(22-14-6-11(3)5-13(19)7-14)24-18(23-16)15-9-25-12(4)21-15/h5-10H,1-4H3,(H2,20,22,23,24). The molecule has 2 heterocycles. The summed E-state index contributed by atoms with van der Waals surface area (Å²) in [4.78, 5) is 13.2. The predicted molar refractivity (Wildman–Crippen MR) is 95.4 cm³/mol. The molecule has 0 saturated carbocycles. The van der Waals surface area contributed by atoms with Crippen molar-refractivity contribution in [3.8, 4) is 11.5 Å². The van der Waals surface area contributed by atoms with Crippen LogP contribution in [-0.2, 0) is 0 Å². The quantitative estimate of drug-likeness (QED) is 0.714. The summed E-state index contributed by atoms with van der Waals surface area (Å²) in [5.74, 6) is 1.86. The molecule has 1 aromatic carbocycles. The van der Waals surface area contributed by atoms with Crippen molar-refractivity contribution in [2.45, 2.75) is 33.7 Å². The number of aromatic nitrogens is 3. The molecule has 0 fully saturated rings. The van der Waals surface area contributed by atoms with E-state index in [1.165, 1.54) is 18.4 Å². The summed E-state index contributed by atoms with van der Waals surface area (Å²) in [6.07, 6.45) is 1.51. The van der Waals surface area contributed by atoms with E-state index in [2.05, 4.69) is 25.6 Å². The summed E-state index contributed by atoms with van der Waals surface area (Å²) in [5, 5.41) is 6.37. The molecule has 0 aliphatic rings. The number of aryl methyl sites for hydroxylation is 2. The molecular formula is C18H20FN5O. The zero-order valence-corrected chi connectivity index (χ0v) is 14.6. The van der Waals surface area contributed by atoms with Crippen LogP contribution >= 0.6 is 0 Å². The highest BCUT2D eigenvalue weighted by Crippen LogP contribution is 2.24. The molecule has 2 aromatic heterocycles. The van der Waals surface area contributed by atoms with Gasteiger partial charge >= 0.3 is 0 Å². The van der Waals surface area contributed by atoms with Gasteiger partial charge in [0.1, 0.15) is 29.4 Å². The van der Waals surface area contributed by atoms with Crippen LogP contribution in [0.15, 0.2) is 34.9 Å². The minimum Gasteiger partial charge on any atom is -0.449 e. The maximum atomic E-state index is 13.6. The highest BCUT2D eigenvalue weighted by atomic mass is 19.1. The third-order valence-corrected chi connectivity index (χ3v) is 3.33. The maximum absolute atomic E-state index is 13.6. The van der Waals surface area contributed by atoms with Crippen LogP contribution in [0.1, 0.15) is 25.3 Å². The van der Waals surface area contributed by atoms with Gasteiger partial charge in [-0.1, -0.05) is 0 Å². The Labute approximate surface area is 145 Å². The lowest BCUT2D eigenvalue weighted by molar-refractivity contribution is 0.521. The molecule has 130 valence electrons. The van der Waals surface area contributed by atoms with Crippen molar-refractivity contribution in [1.82, 2.24) is 15.0 Å². The molecule has 0 atom stereocenters. The fraction of sp³-hybridized carbons (Fsp3) is 0.278. The summed E-state index contributed by atoms with van der Waals surface area (Å²) in [6, 6.07) is 6.72. The Kier molecular flexibility index (Phi) is 4.65. The van der Waals surface area contributed by atoms with Gasteiger partial charge < -0.3 is 15.1 Å². The number of halogens is 1. The second kappa shape index (κ2) is 6.88. The Morgan fingerprint density at radius 1 is 1.00 bits per heavy atom. The lowest BCUT2D eigenvalue weighted by atomic mass is 10.2. The normalized spacial score (nSPS) is 11.0. The molecule has 0 radical (unpaired) electrons. The topological polar surface area (TPSA) is 75.9 Å². The van der Waals surface area contributed by atoms with Crippen molar-refractivity contribution in [2.24, 2.45) is 0 Å². The van der Waals surface area contributed by atoms with Crippen molar-refractivity contribution >= 4 is 17.3 Å². The molecule has 0 bridgehead atoms. The molecule has 3 aromatic rings. The van der Waals surface area contributed by atoms with Gasteiger partial charge in [-0.3, -0.25) is 0 Å². The van der Waals surface area contributed by atoms with E-state index in [4.69, 9.17) is 4.42 Å². The fourth-order valence-corrected chi connectivity index (χ4v) is 2.42. The second-order valence-electron chi connectivity index (χ2n) is 6.16. The van der Waals surface area contributed by atoms with Crippen molar-refractivity contribution < 1.29 is 8.81 Å². The molecule has 25 heavy (non-hydrogen) atoms. The third-order valence-electron chi connectivity index (χ3n) is 3.33. The van der Waals surface area contributed by atoms with E-state index < -0.39 is 0 Å². The molecular weight excluding hydrogens is 321 g/mol. The fourth-order valence-electron chi connectivity index (χ4n) is 2.42. The van der Waals surface area contributed by atoms with Crippen LogP contribution < -0.4 is 10.6 Å². The van der Waals surface area contributed by atoms with Gasteiger partial charge in [-0.15, -0.1) is 0 Å². The van der Waals surface area contributed by atoms with E-state index >= 15 is 0 Å². The number of oxazole rings is 1. The van der Waals surface area contributed by atoms with Gasteiger partial charge in [0, 0.05) is 24.7 Å². The van der Waals surface area contributed by atoms with Gasteiger partial charge in [-0.2, -0.15) is 0 Å². The average Bonchev–Trinajstić information content (AvgIpc) is 2.91. The first-order valence-corrected chi connectivity index (χ1v) is 8.01. The third kappa shape index (κ3) is 4.32. The van der Waals surface area contributed by atoms with Gasteiger partial charge in [-0.05, 0) is 44.5 Å². The van der Waals surface area contributed by atoms with Crippen LogP contribution in [0.5, 0.6) is 0 Å². The Bertz CT molecular complexity index is 871. The monoisotopic (exact) mass is 341 g/mol. The van der Waals surface area contributed by atoms with E-state index in [9.17, 15) is 4.39 Å². The zero-order chi connectivity index (χ0) is 18.0. The second-order valence-corrected chi connectivity index (χ2v) is 6.16. The van der Waals surface area contributed by atoms with Gasteiger partial charge in [0.15, 0.2) is 11.7 Å². The lowest BCUT2D eigenvalue weighted by Crippen LogP contribution is -2.12. The van der Waals surface area contributed by atoms with E-state index in [-0.39, 0.29) is 11.9 Å². The Morgan fingerprint density at radius 2 is 1.76 bits per heavy atom. The van der Waals surface area contributed by atoms with Crippen molar-refractivity contribution in [2.75, 3.05) is 10.6 Å². The van der Waals surface area contributed by atoms with E-state index in [0.717, 1.165) is 5.56 Å². The smallest absolute Gasteiger partial charge is 0.191 e. The van der Waals surface area contributed by atoms with Crippen molar-refractivity contribution in [1.29, 1.82) is 0 Å². The van der Waals surface area contributed by atoms with Crippen LogP contribution in [0.2, 0.25) is 0 Å². The number of hydrogen-bond acceptors (Lipinski definition) is 6. The number of rotatable bonds is 5. The average molecular weight is 341 g/mol. The van der Waals surface area contributed by atoms with Crippen LogP contribution in [0, 0.1) is 19.7 Å². The maximum Gasteiger partial charge on any atom is 0.191 e. The van der Waals surface area contributed by atoms with Crippen molar-refractivity contribution in [3.05, 3.63) is 47.8 Å². The number of nitrogens with one attached hydrogen (secondary N) is 2. The van der Waals surface area contributed by atoms with Gasteiger partial charge in [-0.25, -0.2) is 19.3 Å². The van der Waals surface area contributed by atoms with Gasteiger partial charge in [0.2, 0.25) is 0 Å². The molecule has 6 nitrogen and oxygen atoms in total. The van der Waals surface area contributed by atoms with Crippen LogP contribution in [0.3, 0.4) is 0 Å². The van der Waals surface area contributed by atoms with Crippen molar-refractivity contribution in [3.63, 3.8) is 0 Å². The van der Waals surface area contributed by atoms with E-state index in [0.29, 0.717) is 34.7 Å². The number of hydrogen-bond donors (Lipinski definition) is 2. The lowest BCUT2D eigenvalue weighted by Gasteiger charge is -2.13.